The number of alkyl halides is 3. The Kier molecular flexibility index (Phi) is 3.33. The number of amidine groups is 1. The number of halogens is 3. The summed E-state index contributed by atoms with van der Waals surface area (Å²) in [7, 11) is 1.43. The van der Waals surface area contributed by atoms with E-state index in [1.165, 1.54) is 11.9 Å². The standard InChI is InChI=1S/C11H11F3N2S/c1-16-9(11(12,13)14)7-17-10(16)15-8-5-3-2-4-6-8/h2-6,9H,7H2,1H3. The molecule has 0 N–H and O–H groups in total. The number of benzene rings is 1. The van der Waals surface area contributed by atoms with Crippen LogP contribution in [0.25, 0.3) is 0 Å². The first kappa shape index (κ1) is 12.3. The van der Waals surface area contributed by atoms with E-state index in [0.717, 1.165) is 11.8 Å². The Morgan fingerprint density at radius 3 is 2.47 bits per heavy atom. The molecule has 17 heavy (non-hydrogen) atoms. The SMILES string of the molecule is CN1C(=Nc2ccccc2)SCC1C(F)(F)F. The number of aliphatic imine (C=N–C) groups is 1. The second-order valence-electron chi connectivity index (χ2n) is 3.71. The number of rotatable bonds is 1. The minimum absolute atomic E-state index is 0.00562. The smallest absolute Gasteiger partial charge is 0.341 e. The van der Waals surface area contributed by atoms with Crippen LogP contribution in [0.2, 0.25) is 0 Å². The molecular weight excluding hydrogens is 249 g/mol. The van der Waals surface area contributed by atoms with Crippen molar-refractivity contribution in [3.8, 4) is 0 Å². The molecule has 92 valence electrons. The van der Waals surface area contributed by atoms with Gasteiger partial charge in [0.15, 0.2) is 5.17 Å². The lowest BCUT2D eigenvalue weighted by atomic mass is 10.3. The summed E-state index contributed by atoms with van der Waals surface area (Å²) >= 11 is 1.14. The Morgan fingerprint density at radius 1 is 1.29 bits per heavy atom. The van der Waals surface area contributed by atoms with E-state index in [4.69, 9.17) is 0 Å². The van der Waals surface area contributed by atoms with Crippen LogP contribution in [-0.4, -0.2) is 35.1 Å². The Hall–Kier alpha value is -1.17. The van der Waals surface area contributed by atoms with Gasteiger partial charge in [-0.2, -0.15) is 13.2 Å². The summed E-state index contributed by atoms with van der Waals surface area (Å²) in [6, 6.07) is 7.55. The lowest BCUT2D eigenvalue weighted by molar-refractivity contribution is -0.163. The molecule has 1 heterocycles. The zero-order valence-electron chi connectivity index (χ0n) is 9.11. The van der Waals surface area contributed by atoms with E-state index in [2.05, 4.69) is 4.99 Å². The summed E-state index contributed by atoms with van der Waals surface area (Å²) in [6.07, 6.45) is -4.20. The molecule has 0 amide bonds. The third-order valence-corrected chi connectivity index (χ3v) is 3.62. The Morgan fingerprint density at radius 2 is 1.94 bits per heavy atom. The van der Waals surface area contributed by atoms with Crippen molar-refractivity contribution in [3.63, 3.8) is 0 Å². The van der Waals surface area contributed by atoms with Gasteiger partial charge in [0.25, 0.3) is 0 Å². The van der Waals surface area contributed by atoms with Crippen LogP contribution in [0.4, 0.5) is 18.9 Å². The average molecular weight is 260 g/mol. The molecule has 0 bridgehead atoms. The molecule has 0 aliphatic carbocycles. The maximum absolute atomic E-state index is 12.6. The number of nitrogens with zero attached hydrogens (tertiary/aromatic N) is 2. The largest absolute Gasteiger partial charge is 0.409 e. The molecule has 1 aromatic rings. The molecule has 0 saturated carbocycles. The number of hydrogen-bond acceptors (Lipinski definition) is 2. The molecule has 6 heteroatoms. The van der Waals surface area contributed by atoms with E-state index in [-0.39, 0.29) is 5.75 Å². The monoisotopic (exact) mass is 260 g/mol. The first-order chi connectivity index (χ1) is 7.98. The highest BCUT2D eigenvalue weighted by molar-refractivity contribution is 8.14. The molecule has 1 atom stereocenters. The molecule has 1 aliphatic heterocycles. The summed E-state index contributed by atoms with van der Waals surface area (Å²) in [5, 5.41) is 0.415. The summed E-state index contributed by atoms with van der Waals surface area (Å²) in [5.74, 6) is 0.00562. The highest BCUT2D eigenvalue weighted by Gasteiger charge is 2.47. The van der Waals surface area contributed by atoms with Gasteiger partial charge < -0.3 is 4.90 Å². The summed E-state index contributed by atoms with van der Waals surface area (Å²) < 4.78 is 37.8. The van der Waals surface area contributed by atoms with Gasteiger partial charge in [0.2, 0.25) is 0 Å². The van der Waals surface area contributed by atoms with Crippen LogP contribution in [0.1, 0.15) is 0 Å². The van der Waals surface area contributed by atoms with Crippen molar-refractivity contribution in [1.82, 2.24) is 4.90 Å². The molecule has 1 aromatic carbocycles. The number of hydrogen-bond donors (Lipinski definition) is 0. The van der Waals surface area contributed by atoms with Crippen LogP contribution >= 0.6 is 11.8 Å². The Balaban J connectivity index is 2.18. The summed E-state index contributed by atoms with van der Waals surface area (Å²) in [4.78, 5) is 5.40. The maximum atomic E-state index is 12.6. The second-order valence-corrected chi connectivity index (χ2v) is 4.70. The van der Waals surface area contributed by atoms with E-state index in [9.17, 15) is 13.2 Å². The van der Waals surface area contributed by atoms with E-state index < -0.39 is 12.2 Å². The van der Waals surface area contributed by atoms with Crippen LogP contribution in [-0.2, 0) is 0 Å². The van der Waals surface area contributed by atoms with Gasteiger partial charge in [-0.25, -0.2) is 4.99 Å². The van der Waals surface area contributed by atoms with Crippen LogP contribution in [0.3, 0.4) is 0 Å². The van der Waals surface area contributed by atoms with Gasteiger partial charge in [-0.05, 0) is 12.1 Å². The predicted octanol–water partition coefficient (Wildman–Crippen LogP) is 3.28. The van der Waals surface area contributed by atoms with Gasteiger partial charge in [0, 0.05) is 12.8 Å². The van der Waals surface area contributed by atoms with E-state index in [1.54, 1.807) is 24.3 Å². The van der Waals surface area contributed by atoms with Gasteiger partial charge in [0.05, 0.1) is 5.69 Å². The molecule has 2 nitrogen and oxygen atoms in total. The van der Waals surface area contributed by atoms with Crippen molar-refractivity contribution in [3.05, 3.63) is 30.3 Å². The van der Waals surface area contributed by atoms with E-state index in [0.29, 0.717) is 10.9 Å². The van der Waals surface area contributed by atoms with Crippen LogP contribution < -0.4 is 0 Å². The fraction of sp³-hybridized carbons (Fsp3) is 0.364. The molecule has 1 fully saturated rings. The third-order valence-electron chi connectivity index (χ3n) is 2.50. The first-order valence-corrected chi connectivity index (χ1v) is 6.03. The van der Waals surface area contributed by atoms with Gasteiger partial charge in [-0.1, -0.05) is 30.0 Å². The Bertz CT molecular complexity index is 416. The predicted molar refractivity (Wildman–Crippen MR) is 63.6 cm³/mol. The summed E-state index contributed by atoms with van der Waals surface area (Å²) in [6.45, 7) is 0. The summed E-state index contributed by atoms with van der Waals surface area (Å²) in [5.41, 5.74) is 0.671. The normalized spacial score (nSPS) is 23.4. The lowest BCUT2D eigenvalue weighted by Gasteiger charge is -2.22. The molecule has 0 aromatic heterocycles. The zero-order chi connectivity index (χ0) is 12.5. The van der Waals surface area contributed by atoms with Crippen molar-refractivity contribution < 1.29 is 13.2 Å². The fourth-order valence-electron chi connectivity index (χ4n) is 1.54. The molecule has 2 rings (SSSR count). The topological polar surface area (TPSA) is 15.6 Å². The molecule has 1 unspecified atom stereocenters. The van der Waals surface area contributed by atoms with Gasteiger partial charge in [-0.3, -0.25) is 0 Å². The fourth-order valence-corrected chi connectivity index (χ4v) is 2.76. The van der Waals surface area contributed by atoms with Gasteiger partial charge in [-0.15, -0.1) is 0 Å². The van der Waals surface area contributed by atoms with E-state index in [1.807, 2.05) is 6.07 Å². The third kappa shape index (κ3) is 2.74. The molecule has 1 saturated heterocycles. The zero-order valence-corrected chi connectivity index (χ0v) is 9.92. The quantitative estimate of drug-likeness (QED) is 0.770. The van der Waals surface area contributed by atoms with Crippen molar-refractivity contribution in [2.75, 3.05) is 12.8 Å². The number of thioether (sulfide) groups is 1. The molecular formula is C11H11F3N2S. The average Bonchev–Trinajstić information content (AvgIpc) is 2.61. The van der Waals surface area contributed by atoms with Crippen molar-refractivity contribution in [1.29, 1.82) is 0 Å². The Labute approximate surface area is 102 Å². The lowest BCUT2D eigenvalue weighted by Crippen LogP contribution is -2.41. The van der Waals surface area contributed by atoms with Crippen LogP contribution in [0.15, 0.2) is 35.3 Å². The highest BCUT2D eigenvalue weighted by Crippen LogP contribution is 2.34. The highest BCUT2D eigenvalue weighted by atomic mass is 32.2. The minimum atomic E-state index is -4.20. The van der Waals surface area contributed by atoms with Gasteiger partial charge >= 0.3 is 6.18 Å². The molecule has 1 aliphatic rings. The minimum Gasteiger partial charge on any atom is -0.341 e. The molecule has 0 spiro atoms. The second kappa shape index (κ2) is 4.60. The van der Waals surface area contributed by atoms with E-state index >= 15 is 0 Å². The number of para-hydroxylation sites is 1. The van der Waals surface area contributed by atoms with Crippen molar-refractivity contribution >= 4 is 22.6 Å². The first-order valence-electron chi connectivity index (χ1n) is 5.04. The molecule has 0 radical (unpaired) electrons. The van der Waals surface area contributed by atoms with Gasteiger partial charge in [0.1, 0.15) is 6.04 Å². The van der Waals surface area contributed by atoms with Crippen LogP contribution in [0.5, 0.6) is 0 Å². The maximum Gasteiger partial charge on any atom is 0.409 e. The van der Waals surface area contributed by atoms with Crippen molar-refractivity contribution in [2.45, 2.75) is 12.2 Å². The van der Waals surface area contributed by atoms with Crippen LogP contribution in [0, 0.1) is 0 Å². The van der Waals surface area contributed by atoms with Crippen molar-refractivity contribution in [2.24, 2.45) is 4.99 Å².